The van der Waals surface area contributed by atoms with Crippen LogP contribution in [0.2, 0.25) is 0 Å². The van der Waals surface area contributed by atoms with Crippen molar-refractivity contribution in [2.24, 2.45) is 7.05 Å². The van der Waals surface area contributed by atoms with Crippen LogP contribution in [0.25, 0.3) is 5.57 Å². The minimum Gasteiger partial charge on any atom is -0.321 e. The molecule has 0 radical (unpaired) electrons. The maximum absolute atomic E-state index is 14.1. The van der Waals surface area contributed by atoms with Gasteiger partial charge in [-0.2, -0.15) is 9.49 Å². The summed E-state index contributed by atoms with van der Waals surface area (Å²) in [6.45, 7) is 5.80. The number of unbranched alkanes of at least 4 members (excludes halogenated alkanes) is 2. The Morgan fingerprint density at radius 1 is 1.38 bits per heavy atom. The van der Waals surface area contributed by atoms with Gasteiger partial charge in [-0.15, -0.1) is 0 Å². The maximum atomic E-state index is 14.1. The minimum atomic E-state index is -0.627. The zero-order valence-corrected chi connectivity index (χ0v) is 14.7. The lowest BCUT2D eigenvalue weighted by molar-refractivity contribution is 0.102. The summed E-state index contributed by atoms with van der Waals surface area (Å²) >= 11 is 0. The lowest BCUT2D eigenvalue weighted by Crippen LogP contribution is -2.15. The Kier molecular flexibility index (Phi) is 5.90. The molecule has 0 saturated carbocycles. The Hall–Kier alpha value is -2.43. The topological polar surface area (TPSA) is 46.9 Å². The number of hydrogen-bond acceptors (Lipinski definition) is 2. The number of allylic oxidation sites excluding steroid dienone is 2. The van der Waals surface area contributed by atoms with E-state index in [1.165, 1.54) is 7.05 Å². The SMILES string of the molecule is CCCCC=C(C)c1ccccc1NC(=O)c1c(C)nn(C)c1F. The number of benzene rings is 1. The highest BCUT2D eigenvalue weighted by Gasteiger charge is 2.21. The van der Waals surface area contributed by atoms with Crippen LogP contribution in [0.4, 0.5) is 10.1 Å². The molecule has 1 aromatic heterocycles. The van der Waals surface area contributed by atoms with Crippen LogP contribution in [-0.4, -0.2) is 15.7 Å². The van der Waals surface area contributed by atoms with Gasteiger partial charge in [-0.25, -0.2) is 4.68 Å². The molecular formula is C19H24FN3O. The first-order valence-electron chi connectivity index (χ1n) is 8.22. The Bertz CT molecular complexity index is 762. The van der Waals surface area contributed by atoms with E-state index in [2.05, 4.69) is 23.4 Å². The van der Waals surface area contributed by atoms with Crippen molar-refractivity contribution in [1.29, 1.82) is 0 Å². The average molecular weight is 329 g/mol. The van der Waals surface area contributed by atoms with Gasteiger partial charge in [0, 0.05) is 18.3 Å². The second-order valence-electron chi connectivity index (χ2n) is 5.90. The molecule has 0 aliphatic rings. The van der Waals surface area contributed by atoms with Crippen molar-refractivity contribution in [1.82, 2.24) is 9.78 Å². The minimum absolute atomic E-state index is 0.0140. The number of nitrogens with one attached hydrogen (secondary N) is 1. The summed E-state index contributed by atoms with van der Waals surface area (Å²) in [7, 11) is 1.48. The van der Waals surface area contributed by atoms with Crippen LogP contribution in [0.15, 0.2) is 30.3 Å². The largest absolute Gasteiger partial charge is 0.321 e. The third kappa shape index (κ3) is 3.91. The van der Waals surface area contributed by atoms with E-state index in [0.717, 1.165) is 35.1 Å². The number of anilines is 1. The first-order valence-corrected chi connectivity index (χ1v) is 8.22. The van der Waals surface area contributed by atoms with E-state index >= 15 is 0 Å². The monoisotopic (exact) mass is 329 g/mol. The van der Waals surface area contributed by atoms with E-state index in [9.17, 15) is 9.18 Å². The highest BCUT2D eigenvalue weighted by Crippen LogP contribution is 2.25. The molecule has 2 aromatic rings. The van der Waals surface area contributed by atoms with E-state index in [0.29, 0.717) is 11.4 Å². The predicted octanol–water partition coefficient (Wildman–Crippen LogP) is 4.71. The molecule has 0 unspecified atom stereocenters. The molecule has 5 heteroatoms. The fourth-order valence-electron chi connectivity index (χ4n) is 2.64. The summed E-state index contributed by atoms with van der Waals surface area (Å²) in [5.74, 6) is -1.11. The van der Waals surface area contributed by atoms with Crippen molar-refractivity contribution in [2.75, 3.05) is 5.32 Å². The van der Waals surface area contributed by atoms with Crippen molar-refractivity contribution in [3.8, 4) is 0 Å². The van der Waals surface area contributed by atoms with Crippen molar-refractivity contribution >= 4 is 17.2 Å². The molecule has 0 saturated heterocycles. The Morgan fingerprint density at radius 2 is 2.08 bits per heavy atom. The van der Waals surface area contributed by atoms with Gasteiger partial charge in [0.25, 0.3) is 5.91 Å². The molecule has 2 rings (SSSR count). The second kappa shape index (κ2) is 7.90. The van der Waals surface area contributed by atoms with Gasteiger partial charge in [-0.3, -0.25) is 4.79 Å². The first kappa shape index (κ1) is 17.9. The summed E-state index contributed by atoms with van der Waals surface area (Å²) in [4.78, 5) is 12.5. The maximum Gasteiger partial charge on any atom is 0.262 e. The number of hydrogen-bond donors (Lipinski definition) is 1. The van der Waals surface area contributed by atoms with E-state index in [4.69, 9.17) is 0 Å². The molecule has 0 atom stereocenters. The number of nitrogens with zero attached hydrogens (tertiary/aromatic N) is 2. The molecule has 128 valence electrons. The number of carbonyl (C=O) groups excluding carboxylic acids is 1. The molecule has 0 fully saturated rings. The van der Waals surface area contributed by atoms with E-state index in [1.807, 2.05) is 31.2 Å². The molecule has 0 bridgehead atoms. The first-order chi connectivity index (χ1) is 11.5. The molecule has 4 nitrogen and oxygen atoms in total. The normalized spacial score (nSPS) is 11.6. The van der Waals surface area contributed by atoms with E-state index in [1.54, 1.807) is 6.92 Å². The van der Waals surface area contributed by atoms with Crippen LogP contribution in [-0.2, 0) is 7.05 Å². The third-order valence-corrected chi connectivity index (χ3v) is 3.99. The van der Waals surface area contributed by atoms with Crippen LogP contribution in [0.3, 0.4) is 0 Å². The number of para-hydroxylation sites is 1. The fourth-order valence-corrected chi connectivity index (χ4v) is 2.64. The van der Waals surface area contributed by atoms with Gasteiger partial charge in [0.05, 0.1) is 5.69 Å². The number of halogens is 1. The summed E-state index contributed by atoms with van der Waals surface area (Å²) in [5, 5.41) is 6.77. The Balaban J connectivity index is 2.27. The van der Waals surface area contributed by atoms with Crippen LogP contribution < -0.4 is 5.32 Å². The van der Waals surface area contributed by atoms with Gasteiger partial charge in [-0.05, 0) is 31.9 Å². The quantitative estimate of drug-likeness (QED) is 0.780. The van der Waals surface area contributed by atoms with Gasteiger partial charge in [0.2, 0.25) is 5.95 Å². The van der Waals surface area contributed by atoms with Crippen LogP contribution in [0, 0.1) is 12.9 Å². The number of aromatic nitrogens is 2. The third-order valence-electron chi connectivity index (χ3n) is 3.99. The number of rotatable bonds is 6. The standard InChI is InChI=1S/C19H24FN3O/c1-5-6-7-10-13(2)15-11-8-9-12-16(15)21-19(24)17-14(3)22-23(4)18(17)20/h8-12H,5-7H2,1-4H3,(H,21,24). The molecule has 1 N–H and O–H groups in total. The number of carbonyl (C=O) groups is 1. The predicted molar refractivity (Wildman–Crippen MR) is 95.5 cm³/mol. The molecule has 1 aromatic carbocycles. The molecule has 1 amide bonds. The Morgan fingerprint density at radius 3 is 2.71 bits per heavy atom. The van der Waals surface area contributed by atoms with Gasteiger partial charge >= 0.3 is 0 Å². The summed E-state index contributed by atoms with van der Waals surface area (Å²) in [6.07, 6.45) is 5.44. The lowest BCUT2D eigenvalue weighted by atomic mass is 10.0. The highest BCUT2D eigenvalue weighted by atomic mass is 19.1. The van der Waals surface area contributed by atoms with E-state index in [-0.39, 0.29) is 5.56 Å². The molecular weight excluding hydrogens is 305 g/mol. The smallest absolute Gasteiger partial charge is 0.262 e. The van der Waals surface area contributed by atoms with Gasteiger partial charge in [-0.1, -0.05) is 44.0 Å². The highest BCUT2D eigenvalue weighted by molar-refractivity contribution is 6.06. The Labute approximate surface area is 142 Å². The summed E-state index contributed by atoms with van der Waals surface area (Å²) in [5.41, 5.74) is 3.09. The second-order valence-corrected chi connectivity index (χ2v) is 5.90. The van der Waals surface area contributed by atoms with Crippen LogP contribution in [0.5, 0.6) is 0 Å². The zero-order valence-electron chi connectivity index (χ0n) is 14.7. The van der Waals surface area contributed by atoms with Crippen molar-refractivity contribution in [3.63, 3.8) is 0 Å². The average Bonchev–Trinajstić information content (AvgIpc) is 2.80. The van der Waals surface area contributed by atoms with Crippen molar-refractivity contribution in [2.45, 2.75) is 40.0 Å². The van der Waals surface area contributed by atoms with Crippen molar-refractivity contribution < 1.29 is 9.18 Å². The van der Waals surface area contributed by atoms with Crippen molar-refractivity contribution in [3.05, 3.63) is 53.1 Å². The fraction of sp³-hybridized carbons (Fsp3) is 0.368. The molecule has 1 heterocycles. The number of amides is 1. The van der Waals surface area contributed by atoms with Gasteiger partial charge < -0.3 is 5.32 Å². The van der Waals surface area contributed by atoms with E-state index < -0.39 is 11.9 Å². The summed E-state index contributed by atoms with van der Waals surface area (Å²) < 4.78 is 15.1. The van der Waals surface area contributed by atoms with Crippen LogP contribution >= 0.6 is 0 Å². The zero-order chi connectivity index (χ0) is 17.7. The lowest BCUT2D eigenvalue weighted by Gasteiger charge is -2.11. The summed E-state index contributed by atoms with van der Waals surface area (Å²) in [6, 6.07) is 7.57. The van der Waals surface area contributed by atoms with Gasteiger partial charge in [0.15, 0.2) is 0 Å². The van der Waals surface area contributed by atoms with Crippen LogP contribution in [0.1, 0.15) is 54.7 Å². The van der Waals surface area contributed by atoms with Gasteiger partial charge in [0.1, 0.15) is 5.56 Å². The molecule has 24 heavy (non-hydrogen) atoms. The molecule has 0 spiro atoms. The molecule has 0 aliphatic carbocycles. The number of aryl methyl sites for hydroxylation is 2. The molecule has 0 aliphatic heterocycles.